The van der Waals surface area contributed by atoms with Crippen molar-refractivity contribution >= 4 is 23.7 Å². The second-order valence-corrected chi connectivity index (χ2v) is 10.6. The number of ether oxygens (including phenoxy) is 3. The molecular formula is C27H42ClFN4O5. The number of likely N-dealkylation sites (N-methyl/N-ethyl adjacent to an activating group) is 1. The van der Waals surface area contributed by atoms with Crippen LogP contribution in [0.4, 0.5) is 14.0 Å². The van der Waals surface area contributed by atoms with Crippen LogP contribution in [0.1, 0.15) is 50.2 Å². The van der Waals surface area contributed by atoms with Gasteiger partial charge in [0.25, 0.3) is 0 Å². The van der Waals surface area contributed by atoms with Gasteiger partial charge in [-0.15, -0.1) is 0 Å². The fraction of sp³-hybridized carbons (Fsp3) is 0.704. The lowest BCUT2D eigenvalue weighted by atomic mass is 9.88. The standard InChI is InChI=1S/C27H42ClFN4O5/c1-30-16-24(12-19-6-3-4-10-37-18-19)32-26(34)33-9-5-7-20(17-33)25(38-11-8-31-27(35)36-2)21-13-22(28)15-23(29)14-21/h13-15,19-20,24-25,30H,3-12,16-18H2,1-2H3,(H,31,35)(H,32,34). The van der Waals surface area contributed by atoms with E-state index in [2.05, 4.69) is 20.7 Å². The number of alkyl carbamates (subject to hydrolysis) is 1. The minimum Gasteiger partial charge on any atom is -0.453 e. The number of nitrogens with zero attached hydrogens (tertiary/aromatic N) is 1. The zero-order chi connectivity index (χ0) is 27.3. The lowest BCUT2D eigenvalue weighted by molar-refractivity contribution is -0.00882. The van der Waals surface area contributed by atoms with Gasteiger partial charge in [-0.05, 0) is 68.8 Å². The Hall–Kier alpha value is -2.14. The number of hydrogen-bond acceptors (Lipinski definition) is 6. The maximum Gasteiger partial charge on any atom is 0.406 e. The summed E-state index contributed by atoms with van der Waals surface area (Å²) in [5.74, 6) is -0.0838. The second-order valence-electron chi connectivity index (χ2n) is 10.1. The molecule has 0 radical (unpaired) electrons. The van der Waals surface area contributed by atoms with Crippen LogP contribution in [-0.4, -0.2) is 83.2 Å². The Morgan fingerprint density at radius 3 is 2.84 bits per heavy atom. The van der Waals surface area contributed by atoms with E-state index in [0.29, 0.717) is 31.1 Å². The molecule has 214 valence electrons. The average molecular weight is 557 g/mol. The van der Waals surface area contributed by atoms with Gasteiger partial charge in [-0.2, -0.15) is 0 Å². The third-order valence-corrected chi connectivity index (χ3v) is 7.36. The highest BCUT2D eigenvalue weighted by Crippen LogP contribution is 2.34. The van der Waals surface area contributed by atoms with Crippen molar-refractivity contribution in [1.29, 1.82) is 0 Å². The van der Waals surface area contributed by atoms with E-state index >= 15 is 0 Å². The number of halogens is 2. The van der Waals surface area contributed by atoms with Crippen molar-refractivity contribution in [1.82, 2.24) is 20.9 Å². The Morgan fingerprint density at radius 1 is 1.24 bits per heavy atom. The van der Waals surface area contributed by atoms with Gasteiger partial charge in [0, 0.05) is 56.4 Å². The van der Waals surface area contributed by atoms with E-state index in [1.165, 1.54) is 19.2 Å². The number of nitrogens with one attached hydrogen (secondary N) is 3. The van der Waals surface area contributed by atoms with E-state index in [1.807, 2.05) is 11.9 Å². The zero-order valence-electron chi connectivity index (χ0n) is 22.5. The van der Waals surface area contributed by atoms with E-state index in [-0.39, 0.29) is 36.2 Å². The molecule has 38 heavy (non-hydrogen) atoms. The van der Waals surface area contributed by atoms with E-state index in [9.17, 15) is 14.0 Å². The van der Waals surface area contributed by atoms with Crippen molar-refractivity contribution in [2.45, 2.75) is 50.7 Å². The number of carbonyl (C=O) groups excluding carboxylic acids is 2. The van der Waals surface area contributed by atoms with Crippen LogP contribution in [0, 0.1) is 17.7 Å². The predicted molar refractivity (Wildman–Crippen MR) is 144 cm³/mol. The summed E-state index contributed by atoms with van der Waals surface area (Å²) in [6.07, 6.45) is 4.79. The lowest BCUT2D eigenvalue weighted by Crippen LogP contribution is -2.52. The van der Waals surface area contributed by atoms with Crippen molar-refractivity contribution in [3.8, 4) is 0 Å². The molecule has 11 heteroatoms. The fourth-order valence-corrected chi connectivity index (χ4v) is 5.59. The smallest absolute Gasteiger partial charge is 0.406 e. The van der Waals surface area contributed by atoms with Crippen molar-refractivity contribution in [2.24, 2.45) is 11.8 Å². The molecular weight excluding hydrogens is 515 g/mol. The van der Waals surface area contributed by atoms with Crippen LogP contribution < -0.4 is 16.0 Å². The van der Waals surface area contributed by atoms with E-state index in [4.69, 9.17) is 21.1 Å². The fourth-order valence-electron chi connectivity index (χ4n) is 5.36. The summed E-state index contributed by atoms with van der Waals surface area (Å²) in [5, 5.41) is 9.30. The second kappa shape index (κ2) is 16.1. The first-order valence-corrected chi connectivity index (χ1v) is 13.9. The summed E-state index contributed by atoms with van der Waals surface area (Å²) in [6, 6.07) is 4.26. The van der Waals surface area contributed by atoms with Crippen LogP contribution in [0.15, 0.2) is 18.2 Å². The third kappa shape index (κ3) is 9.87. The molecule has 1 aromatic rings. The van der Waals surface area contributed by atoms with Crippen molar-refractivity contribution in [2.75, 3.05) is 60.2 Å². The molecule has 4 unspecified atom stereocenters. The highest BCUT2D eigenvalue weighted by molar-refractivity contribution is 6.30. The van der Waals surface area contributed by atoms with Gasteiger partial charge in [-0.25, -0.2) is 14.0 Å². The molecule has 3 amide bonds. The van der Waals surface area contributed by atoms with Crippen molar-refractivity contribution < 1.29 is 28.2 Å². The van der Waals surface area contributed by atoms with Crippen LogP contribution >= 0.6 is 11.6 Å². The number of benzene rings is 1. The third-order valence-electron chi connectivity index (χ3n) is 7.14. The Bertz CT molecular complexity index is 867. The zero-order valence-corrected chi connectivity index (χ0v) is 23.2. The largest absolute Gasteiger partial charge is 0.453 e. The maximum absolute atomic E-state index is 14.2. The molecule has 9 nitrogen and oxygen atoms in total. The predicted octanol–water partition coefficient (Wildman–Crippen LogP) is 4.11. The Balaban J connectivity index is 1.65. The summed E-state index contributed by atoms with van der Waals surface area (Å²) >= 11 is 6.15. The average Bonchev–Trinajstić information content (AvgIpc) is 3.16. The molecule has 0 aliphatic carbocycles. The molecule has 0 bridgehead atoms. The van der Waals surface area contributed by atoms with E-state index < -0.39 is 18.0 Å². The Labute approximate surface area is 230 Å². The molecule has 2 aliphatic rings. The molecule has 0 spiro atoms. The Morgan fingerprint density at radius 2 is 2.08 bits per heavy atom. The van der Waals surface area contributed by atoms with Gasteiger partial charge in [0.05, 0.1) is 19.8 Å². The topological polar surface area (TPSA) is 101 Å². The van der Waals surface area contributed by atoms with E-state index in [0.717, 1.165) is 51.7 Å². The molecule has 2 saturated heterocycles. The van der Waals surface area contributed by atoms with Gasteiger partial charge >= 0.3 is 12.1 Å². The number of likely N-dealkylation sites (tertiary alicyclic amines) is 1. The van der Waals surface area contributed by atoms with Gasteiger partial charge in [0.15, 0.2) is 0 Å². The van der Waals surface area contributed by atoms with Gasteiger partial charge < -0.3 is 35.1 Å². The highest BCUT2D eigenvalue weighted by Gasteiger charge is 2.32. The van der Waals surface area contributed by atoms with E-state index in [1.54, 1.807) is 6.07 Å². The molecule has 0 saturated carbocycles. The number of rotatable bonds is 11. The highest BCUT2D eigenvalue weighted by atomic mass is 35.5. The van der Waals surface area contributed by atoms with Crippen LogP contribution in [0.2, 0.25) is 5.02 Å². The normalized spacial score (nSPS) is 21.7. The van der Waals surface area contributed by atoms with Crippen molar-refractivity contribution in [3.63, 3.8) is 0 Å². The van der Waals surface area contributed by atoms with Crippen molar-refractivity contribution in [3.05, 3.63) is 34.6 Å². The quantitative estimate of drug-likeness (QED) is 0.355. The summed E-state index contributed by atoms with van der Waals surface area (Å²) < 4.78 is 30.7. The first-order valence-electron chi connectivity index (χ1n) is 13.6. The molecule has 2 aliphatic heterocycles. The van der Waals surface area contributed by atoms with Gasteiger partial charge in [-0.1, -0.05) is 18.0 Å². The number of carbonyl (C=O) groups is 2. The molecule has 4 atom stereocenters. The minimum absolute atomic E-state index is 0.00181. The summed E-state index contributed by atoms with van der Waals surface area (Å²) in [7, 11) is 3.18. The molecule has 1 aromatic carbocycles. The van der Waals surface area contributed by atoms with Crippen LogP contribution in [0.5, 0.6) is 0 Å². The summed E-state index contributed by atoms with van der Waals surface area (Å²) in [4.78, 5) is 26.6. The molecule has 2 fully saturated rings. The van der Waals surface area contributed by atoms with Crippen LogP contribution in [0.3, 0.4) is 0 Å². The van der Waals surface area contributed by atoms with Gasteiger partial charge in [-0.3, -0.25) is 0 Å². The number of methoxy groups -OCH3 is 1. The first-order chi connectivity index (χ1) is 18.4. The minimum atomic E-state index is -0.550. The molecule has 2 heterocycles. The SMILES string of the molecule is CNCC(CC1CCCCOC1)NC(=O)N1CCCC(C(OCCNC(=O)OC)c2cc(F)cc(Cl)c2)C1. The summed E-state index contributed by atoms with van der Waals surface area (Å²) in [6.45, 7) is 3.77. The van der Waals surface area contributed by atoms with Crippen LogP contribution in [-0.2, 0) is 14.2 Å². The number of urea groups is 1. The lowest BCUT2D eigenvalue weighted by Gasteiger charge is -2.38. The van der Waals surface area contributed by atoms with Gasteiger partial charge in [0.2, 0.25) is 0 Å². The monoisotopic (exact) mass is 556 g/mol. The molecule has 3 rings (SSSR count). The maximum atomic E-state index is 14.2. The van der Waals surface area contributed by atoms with Gasteiger partial charge in [0.1, 0.15) is 5.82 Å². The summed E-state index contributed by atoms with van der Waals surface area (Å²) in [5.41, 5.74) is 0.613. The van der Waals surface area contributed by atoms with Crippen LogP contribution in [0.25, 0.3) is 0 Å². The first kappa shape index (κ1) is 30.4. The molecule has 3 N–H and O–H groups in total. The molecule has 0 aromatic heterocycles. The number of amides is 3. The number of piperidine rings is 1. The number of hydrogen-bond donors (Lipinski definition) is 3. The Kier molecular flexibility index (Phi) is 12.9.